The summed E-state index contributed by atoms with van der Waals surface area (Å²) >= 11 is 3.27. The summed E-state index contributed by atoms with van der Waals surface area (Å²) in [6.45, 7) is 0. The molecule has 0 aliphatic carbocycles. The van der Waals surface area contributed by atoms with Crippen LogP contribution < -0.4 is 5.32 Å². The second-order valence-corrected chi connectivity index (χ2v) is 4.18. The first-order valence-electron chi connectivity index (χ1n) is 4.83. The van der Waals surface area contributed by atoms with Crippen molar-refractivity contribution in [1.82, 2.24) is 4.98 Å². The summed E-state index contributed by atoms with van der Waals surface area (Å²) in [6, 6.07) is 8.21. The zero-order valence-electron chi connectivity index (χ0n) is 8.65. The molecule has 0 fully saturated rings. The van der Waals surface area contributed by atoms with E-state index in [-0.39, 0.29) is 5.91 Å². The van der Waals surface area contributed by atoms with Crippen molar-refractivity contribution >= 4 is 27.5 Å². The highest BCUT2D eigenvalue weighted by atomic mass is 79.9. The van der Waals surface area contributed by atoms with Gasteiger partial charge < -0.3 is 5.32 Å². The van der Waals surface area contributed by atoms with Gasteiger partial charge in [0.05, 0.1) is 23.6 Å². The van der Waals surface area contributed by atoms with Crippen LogP contribution in [0, 0.1) is 5.82 Å². The van der Waals surface area contributed by atoms with E-state index in [1.54, 1.807) is 18.2 Å². The summed E-state index contributed by atoms with van der Waals surface area (Å²) < 4.78 is 13.6. The number of pyridine rings is 1. The van der Waals surface area contributed by atoms with E-state index in [4.69, 9.17) is 0 Å². The predicted octanol–water partition coefficient (Wildman–Crippen LogP) is 3.24. The standard InChI is InChI=1S/C12H8BrFN2O/c13-11-4-2-1-3-10(11)12(17)16-9-5-8(14)6-15-7-9/h1-7H,(H,16,17). The van der Waals surface area contributed by atoms with Gasteiger partial charge in [-0.25, -0.2) is 4.39 Å². The molecule has 1 aromatic heterocycles. The van der Waals surface area contributed by atoms with E-state index < -0.39 is 5.82 Å². The number of hydrogen-bond donors (Lipinski definition) is 1. The smallest absolute Gasteiger partial charge is 0.256 e. The van der Waals surface area contributed by atoms with Gasteiger partial charge in [0.1, 0.15) is 5.82 Å². The first kappa shape index (κ1) is 11.7. The van der Waals surface area contributed by atoms with Crippen LogP contribution in [-0.2, 0) is 0 Å². The van der Waals surface area contributed by atoms with Gasteiger partial charge in [-0.15, -0.1) is 0 Å². The number of carbonyl (C=O) groups excluding carboxylic acids is 1. The number of halogens is 2. The van der Waals surface area contributed by atoms with Crippen LogP contribution in [0.25, 0.3) is 0 Å². The number of nitrogens with zero attached hydrogens (tertiary/aromatic N) is 1. The number of carbonyl (C=O) groups is 1. The second-order valence-electron chi connectivity index (χ2n) is 3.33. The maximum absolute atomic E-state index is 12.9. The van der Waals surface area contributed by atoms with E-state index in [2.05, 4.69) is 26.2 Å². The van der Waals surface area contributed by atoms with Crippen molar-refractivity contribution < 1.29 is 9.18 Å². The lowest BCUT2D eigenvalue weighted by Crippen LogP contribution is -2.12. The quantitative estimate of drug-likeness (QED) is 0.924. The van der Waals surface area contributed by atoms with Crippen LogP contribution in [0.15, 0.2) is 47.2 Å². The van der Waals surface area contributed by atoms with Crippen molar-refractivity contribution in [2.75, 3.05) is 5.32 Å². The van der Waals surface area contributed by atoms with Gasteiger partial charge in [0.15, 0.2) is 0 Å². The van der Waals surface area contributed by atoms with E-state index in [9.17, 15) is 9.18 Å². The van der Waals surface area contributed by atoms with E-state index in [1.807, 2.05) is 6.07 Å². The molecule has 1 heterocycles. The lowest BCUT2D eigenvalue weighted by molar-refractivity contribution is 0.102. The maximum Gasteiger partial charge on any atom is 0.256 e. The van der Waals surface area contributed by atoms with Crippen LogP contribution in [0.5, 0.6) is 0 Å². The molecule has 1 amide bonds. The molecule has 0 bridgehead atoms. The Hall–Kier alpha value is -1.75. The second kappa shape index (κ2) is 5.05. The molecule has 3 nitrogen and oxygen atoms in total. The molecule has 0 aliphatic rings. The van der Waals surface area contributed by atoms with E-state index in [0.717, 1.165) is 6.20 Å². The van der Waals surface area contributed by atoms with Crippen molar-refractivity contribution in [3.63, 3.8) is 0 Å². The predicted molar refractivity (Wildman–Crippen MR) is 66.3 cm³/mol. The third-order valence-corrected chi connectivity index (χ3v) is 2.77. The molecule has 0 radical (unpaired) electrons. The van der Waals surface area contributed by atoms with Crippen LogP contribution in [0.3, 0.4) is 0 Å². The van der Waals surface area contributed by atoms with Gasteiger partial charge >= 0.3 is 0 Å². The van der Waals surface area contributed by atoms with Crippen molar-refractivity contribution in [3.8, 4) is 0 Å². The van der Waals surface area contributed by atoms with E-state index in [0.29, 0.717) is 15.7 Å². The van der Waals surface area contributed by atoms with Gasteiger partial charge in [-0.3, -0.25) is 9.78 Å². The lowest BCUT2D eigenvalue weighted by Gasteiger charge is -2.06. The third-order valence-electron chi connectivity index (χ3n) is 2.08. The minimum atomic E-state index is -0.491. The van der Waals surface area contributed by atoms with E-state index in [1.165, 1.54) is 12.3 Å². The highest BCUT2D eigenvalue weighted by molar-refractivity contribution is 9.10. The minimum absolute atomic E-state index is 0.315. The van der Waals surface area contributed by atoms with Gasteiger partial charge in [0.2, 0.25) is 0 Å². The zero-order valence-corrected chi connectivity index (χ0v) is 10.2. The Labute approximate surface area is 106 Å². The van der Waals surface area contributed by atoms with Crippen LogP contribution in [0.2, 0.25) is 0 Å². The Bertz CT molecular complexity index is 560. The number of aromatic nitrogens is 1. The van der Waals surface area contributed by atoms with Crippen molar-refractivity contribution in [2.24, 2.45) is 0 Å². The van der Waals surface area contributed by atoms with Gasteiger partial charge in [-0.05, 0) is 28.1 Å². The molecule has 2 rings (SSSR count). The number of nitrogens with one attached hydrogen (secondary N) is 1. The topological polar surface area (TPSA) is 42.0 Å². The summed E-state index contributed by atoms with van der Waals surface area (Å²) in [5.74, 6) is -0.806. The highest BCUT2D eigenvalue weighted by Crippen LogP contribution is 2.17. The molecule has 86 valence electrons. The largest absolute Gasteiger partial charge is 0.320 e. The Morgan fingerprint density at radius 1 is 1.29 bits per heavy atom. The molecule has 0 saturated carbocycles. The van der Waals surface area contributed by atoms with Gasteiger partial charge in [0.25, 0.3) is 5.91 Å². The first-order chi connectivity index (χ1) is 8.16. The van der Waals surface area contributed by atoms with Crippen molar-refractivity contribution in [1.29, 1.82) is 0 Å². The molecule has 0 saturated heterocycles. The Kier molecular flexibility index (Phi) is 3.49. The van der Waals surface area contributed by atoms with Crippen molar-refractivity contribution in [2.45, 2.75) is 0 Å². The SMILES string of the molecule is O=C(Nc1cncc(F)c1)c1ccccc1Br. The molecule has 1 aromatic carbocycles. The average Bonchev–Trinajstić information content (AvgIpc) is 2.29. The maximum atomic E-state index is 12.9. The number of anilines is 1. The molecule has 0 unspecified atom stereocenters. The Balaban J connectivity index is 2.20. The number of rotatable bonds is 2. The summed E-state index contributed by atoms with van der Waals surface area (Å²) in [5.41, 5.74) is 0.808. The molecule has 0 spiro atoms. The average molecular weight is 295 g/mol. The normalized spacial score (nSPS) is 10.0. The highest BCUT2D eigenvalue weighted by Gasteiger charge is 2.09. The third kappa shape index (κ3) is 2.88. The van der Waals surface area contributed by atoms with Gasteiger partial charge in [-0.2, -0.15) is 0 Å². The fourth-order valence-corrected chi connectivity index (χ4v) is 1.79. The zero-order chi connectivity index (χ0) is 12.3. The summed E-state index contributed by atoms with van der Waals surface area (Å²) in [7, 11) is 0. The summed E-state index contributed by atoms with van der Waals surface area (Å²) in [4.78, 5) is 15.5. The fraction of sp³-hybridized carbons (Fsp3) is 0. The van der Waals surface area contributed by atoms with Crippen LogP contribution in [0.1, 0.15) is 10.4 Å². The Morgan fingerprint density at radius 3 is 2.76 bits per heavy atom. The van der Waals surface area contributed by atoms with Crippen molar-refractivity contribution in [3.05, 3.63) is 58.6 Å². The number of benzene rings is 1. The molecule has 17 heavy (non-hydrogen) atoms. The number of amides is 1. The molecule has 0 atom stereocenters. The molecule has 0 aliphatic heterocycles. The Morgan fingerprint density at radius 2 is 2.06 bits per heavy atom. The molecular weight excluding hydrogens is 287 g/mol. The molecular formula is C12H8BrFN2O. The van der Waals surface area contributed by atoms with Crippen LogP contribution in [0.4, 0.5) is 10.1 Å². The van der Waals surface area contributed by atoms with E-state index >= 15 is 0 Å². The lowest BCUT2D eigenvalue weighted by atomic mass is 10.2. The number of hydrogen-bond acceptors (Lipinski definition) is 2. The first-order valence-corrected chi connectivity index (χ1v) is 5.62. The fourth-order valence-electron chi connectivity index (χ4n) is 1.32. The van der Waals surface area contributed by atoms with Gasteiger partial charge in [-0.1, -0.05) is 12.1 Å². The molecule has 1 N–H and O–H groups in total. The monoisotopic (exact) mass is 294 g/mol. The molecule has 5 heteroatoms. The van der Waals surface area contributed by atoms with Crippen LogP contribution in [-0.4, -0.2) is 10.9 Å². The molecule has 2 aromatic rings. The van der Waals surface area contributed by atoms with Crippen LogP contribution >= 0.6 is 15.9 Å². The summed E-state index contributed by atoms with van der Waals surface area (Å²) in [5, 5.41) is 2.57. The minimum Gasteiger partial charge on any atom is -0.320 e. The summed E-state index contributed by atoms with van der Waals surface area (Å²) in [6.07, 6.45) is 2.46. The van der Waals surface area contributed by atoms with Gasteiger partial charge in [0, 0.05) is 10.5 Å².